The predicted octanol–water partition coefficient (Wildman–Crippen LogP) is 2.65. The largest absolute Gasteiger partial charge is 0.396 e. The van der Waals surface area contributed by atoms with Crippen molar-refractivity contribution in [3.8, 4) is 0 Å². The van der Waals surface area contributed by atoms with Crippen molar-refractivity contribution in [2.75, 3.05) is 6.61 Å². The second kappa shape index (κ2) is 6.98. The molecule has 1 N–H and O–H groups in total. The normalized spacial score (nSPS) is 9.29. The van der Waals surface area contributed by atoms with E-state index in [-0.39, 0.29) is 6.61 Å². The Hall–Kier alpha value is -0.380. The number of halogens is 2. The minimum Gasteiger partial charge on any atom is -0.396 e. The first-order chi connectivity index (χ1) is 6.65. The number of hydrogen-bond donors (Lipinski definition) is 1. The first-order valence-corrected chi connectivity index (χ1v) is 5.20. The average molecular weight is 237 g/mol. The second-order valence-electron chi connectivity index (χ2n) is 2.30. The fourth-order valence-electron chi connectivity index (χ4n) is 0.847. The number of rotatable bonds is 2. The topological polar surface area (TPSA) is 46.0 Å². The lowest BCUT2D eigenvalue weighted by atomic mass is 10.2. The van der Waals surface area contributed by atoms with Crippen LogP contribution in [0.4, 0.5) is 0 Å². The van der Waals surface area contributed by atoms with Crippen molar-refractivity contribution >= 4 is 23.2 Å². The van der Waals surface area contributed by atoms with E-state index in [0.717, 1.165) is 0 Å². The molecule has 0 aliphatic rings. The summed E-state index contributed by atoms with van der Waals surface area (Å²) in [4.78, 5) is 7.82. The van der Waals surface area contributed by atoms with Crippen LogP contribution in [0.1, 0.15) is 25.2 Å². The van der Waals surface area contributed by atoms with E-state index in [2.05, 4.69) is 9.97 Å². The van der Waals surface area contributed by atoms with Gasteiger partial charge in [0.2, 0.25) is 0 Å². The van der Waals surface area contributed by atoms with E-state index in [1.165, 1.54) is 0 Å². The SMILES string of the molecule is CC.Cc1nc(Cl)c(CCO)c(Cl)n1. The van der Waals surface area contributed by atoms with Gasteiger partial charge in [0.25, 0.3) is 0 Å². The first kappa shape index (κ1) is 13.6. The molecular weight excluding hydrogens is 223 g/mol. The molecule has 80 valence electrons. The standard InChI is InChI=1S/C7H8Cl2N2O.C2H6/c1-4-10-6(8)5(2-3-12)7(9)11-4;1-2/h12H,2-3H2,1H3;1-2H3. The van der Waals surface area contributed by atoms with Crippen molar-refractivity contribution in [2.24, 2.45) is 0 Å². The Morgan fingerprint density at radius 3 is 1.93 bits per heavy atom. The summed E-state index contributed by atoms with van der Waals surface area (Å²) in [5.74, 6) is 0.534. The molecule has 5 heteroatoms. The van der Waals surface area contributed by atoms with Crippen LogP contribution in [-0.4, -0.2) is 21.7 Å². The van der Waals surface area contributed by atoms with E-state index in [1.54, 1.807) is 6.92 Å². The molecule has 0 saturated heterocycles. The Kier molecular flexibility index (Phi) is 6.79. The number of aliphatic hydroxyl groups excluding tert-OH is 1. The maximum absolute atomic E-state index is 8.67. The lowest BCUT2D eigenvalue weighted by molar-refractivity contribution is 0.299. The average Bonchev–Trinajstić information content (AvgIpc) is 2.14. The lowest BCUT2D eigenvalue weighted by Crippen LogP contribution is -1.99. The molecule has 0 aliphatic carbocycles. The van der Waals surface area contributed by atoms with E-state index in [0.29, 0.717) is 28.1 Å². The van der Waals surface area contributed by atoms with Gasteiger partial charge in [0.15, 0.2) is 0 Å². The molecule has 0 aliphatic heterocycles. The van der Waals surface area contributed by atoms with Gasteiger partial charge in [-0.3, -0.25) is 0 Å². The first-order valence-electron chi connectivity index (χ1n) is 4.44. The highest BCUT2D eigenvalue weighted by Gasteiger charge is 2.08. The number of aliphatic hydroxyl groups is 1. The third-order valence-electron chi connectivity index (χ3n) is 1.38. The highest BCUT2D eigenvalue weighted by Crippen LogP contribution is 2.20. The van der Waals surface area contributed by atoms with Crippen LogP contribution in [0.25, 0.3) is 0 Å². The molecule has 0 amide bonds. The summed E-state index contributed by atoms with van der Waals surface area (Å²) >= 11 is 11.5. The molecular formula is C9H14Cl2N2O. The minimum absolute atomic E-state index is 0.00807. The zero-order valence-electron chi connectivity index (χ0n) is 8.51. The van der Waals surface area contributed by atoms with Crippen molar-refractivity contribution in [1.82, 2.24) is 9.97 Å². The molecule has 0 aromatic carbocycles. The van der Waals surface area contributed by atoms with E-state index in [4.69, 9.17) is 28.3 Å². The Labute approximate surface area is 94.1 Å². The maximum Gasteiger partial charge on any atom is 0.137 e. The molecule has 0 radical (unpaired) electrons. The Balaban J connectivity index is 0.000000791. The summed E-state index contributed by atoms with van der Waals surface area (Å²) in [5, 5.41) is 9.31. The fraction of sp³-hybridized carbons (Fsp3) is 0.556. The number of hydrogen-bond acceptors (Lipinski definition) is 3. The molecule has 1 aromatic heterocycles. The highest BCUT2D eigenvalue weighted by molar-refractivity contribution is 6.34. The molecule has 0 saturated carbocycles. The van der Waals surface area contributed by atoms with Crippen molar-refractivity contribution in [2.45, 2.75) is 27.2 Å². The van der Waals surface area contributed by atoms with Crippen molar-refractivity contribution in [1.29, 1.82) is 0 Å². The van der Waals surface area contributed by atoms with Crippen molar-refractivity contribution < 1.29 is 5.11 Å². The van der Waals surface area contributed by atoms with E-state index in [9.17, 15) is 0 Å². The van der Waals surface area contributed by atoms with E-state index >= 15 is 0 Å². The second-order valence-corrected chi connectivity index (χ2v) is 3.02. The smallest absolute Gasteiger partial charge is 0.137 e. The van der Waals surface area contributed by atoms with Gasteiger partial charge < -0.3 is 5.11 Å². The lowest BCUT2D eigenvalue weighted by Gasteiger charge is -2.03. The summed E-state index contributed by atoms with van der Waals surface area (Å²) in [5.41, 5.74) is 0.603. The predicted molar refractivity (Wildman–Crippen MR) is 58.9 cm³/mol. The summed E-state index contributed by atoms with van der Waals surface area (Å²) in [6, 6.07) is 0. The van der Waals surface area contributed by atoms with Gasteiger partial charge in [-0.1, -0.05) is 37.0 Å². The van der Waals surface area contributed by atoms with Crippen molar-refractivity contribution in [3.63, 3.8) is 0 Å². The summed E-state index contributed by atoms with van der Waals surface area (Å²) in [7, 11) is 0. The van der Waals surface area contributed by atoms with E-state index in [1.807, 2.05) is 13.8 Å². The Morgan fingerprint density at radius 1 is 1.14 bits per heavy atom. The van der Waals surface area contributed by atoms with Crippen LogP contribution in [0.3, 0.4) is 0 Å². The van der Waals surface area contributed by atoms with Crippen LogP contribution in [0.2, 0.25) is 10.3 Å². The molecule has 1 rings (SSSR count). The van der Waals surface area contributed by atoms with Crippen LogP contribution in [0.15, 0.2) is 0 Å². The van der Waals surface area contributed by atoms with Gasteiger partial charge >= 0.3 is 0 Å². The maximum atomic E-state index is 8.67. The molecule has 14 heavy (non-hydrogen) atoms. The van der Waals surface area contributed by atoms with Gasteiger partial charge in [-0.25, -0.2) is 9.97 Å². The molecule has 0 unspecified atom stereocenters. The van der Waals surface area contributed by atoms with Gasteiger partial charge in [0, 0.05) is 18.6 Å². The Bertz CT molecular complexity index is 269. The van der Waals surface area contributed by atoms with Crippen LogP contribution in [0, 0.1) is 6.92 Å². The van der Waals surface area contributed by atoms with Crippen LogP contribution in [-0.2, 0) is 6.42 Å². The minimum atomic E-state index is -0.00807. The molecule has 1 heterocycles. The highest BCUT2D eigenvalue weighted by atomic mass is 35.5. The summed E-state index contributed by atoms with van der Waals surface area (Å²) < 4.78 is 0. The molecule has 0 spiro atoms. The number of aromatic nitrogens is 2. The zero-order valence-corrected chi connectivity index (χ0v) is 10.0. The third-order valence-corrected chi connectivity index (χ3v) is 2.01. The molecule has 0 atom stereocenters. The summed E-state index contributed by atoms with van der Waals surface area (Å²) in [6.45, 7) is 5.70. The third kappa shape index (κ3) is 3.78. The van der Waals surface area contributed by atoms with Crippen LogP contribution < -0.4 is 0 Å². The fourth-order valence-corrected chi connectivity index (χ4v) is 1.51. The monoisotopic (exact) mass is 236 g/mol. The van der Waals surface area contributed by atoms with Crippen molar-refractivity contribution in [3.05, 3.63) is 21.7 Å². The molecule has 0 bridgehead atoms. The Morgan fingerprint density at radius 2 is 1.57 bits per heavy atom. The summed E-state index contributed by atoms with van der Waals surface area (Å²) in [6.07, 6.45) is 0.387. The van der Waals surface area contributed by atoms with E-state index < -0.39 is 0 Å². The quantitative estimate of drug-likeness (QED) is 0.804. The molecule has 1 aromatic rings. The van der Waals surface area contributed by atoms with Crippen LogP contribution >= 0.6 is 23.2 Å². The van der Waals surface area contributed by atoms with Gasteiger partial charge in [-0.2, -0.15) is 0 Å². The number of aryl methyl sites for hydroxylation is 1. The van der Waals surface area contributed by atoms with Crippen LogP contribution in [0.5, 0.6) is 0 Å². The zero-order chi connectivity index (χ0) is 11.1. The van der Waals surface area contributed by atoms with Gasteiger partial charge in [0.1, 0.15) is 16.1 Å². The van der Waals surface area contributed by atoms with Gasteiger partial charge in [-0.15, -0.1) is 0 Å². The molecule has 0 fully saturated rings. The molecule has 3 nitrogen and oxygen atoms in total. The number of nitrogens with zero attached hydrogens (tertiary/aromatic N) is 2. The van der Waals surface area contributed by atoms with Gasteiger partial charge in [-0.05, 0) is 6.92 Å². The van der Waals surface area contributed by atoms with Gasteiger partial charge in [0.05, 0.1) is 0 Å².